The summed E-state index contributed by atoms with van der Waals surface area (Å²) in [6, 6.07) is 0. The first-order chi connectivity index (χ1) is 4.18. The van der Waals surface area contributed by atoms with Crippen LogP contribution in [-0.2, 0) is 0 Å². The molecule has 4 heteroatoms. The number of hydrogen-bond acceptors (Lipinski definition) is 1. The van der Waals surface area contributed by atoms with Crippen LogP contribution in [0.5, 0.6) is 0 Å². The molecule has 0 aliphatic heterocycles. The van der Waals surface area contributed by atoms with E-state index in [1.54, 1.807) is 0 Å². The molecule has 0 heterocycles. The van der Waals surface area contributed by atoms with Crippen molar-refractivity contribution in [3.05, 3.63) is 0 Å². The van der Waals surface area contributed by atoms with Crippen LogP contribution in [0.2, 0.25) is 5.28 Å². The van der Waals surface area contributed by atoms with Crippen LogP contribution in [0, 0.1) is 0 Å². The molecule has 0 radical (unpaired) electrons. The van der Waals surface area contributed by atoms with Crippen molar-refractivity contribution in [3.8, 4) is 0 Å². The van der Waals surface area contributed by atoms with Crippen LogP contribution in [0.3, 0.4) is 0 Å². The maximum atomic E-state index is 7.88. The SMILES string of the molecule is CCCO.C[CH2][Al]([Cl])[Cl]. The third-order valence-corrected chi connectivity index (χ3v) is 3.00. The molecule has 0 saturated heterocycles. The first kappa shape index (κ1) is 12.7. The standard InChI is InChI=1S/C3H8O.C2H5.Al.2ClH/c1-2-3-4;1-2;;;/h4H,2-3H2,1H3;1H2,2H3;;2*1H/q;;+2;;/p-2. The van der Waals surface area contributed by atoms with Gasteiger partial charge in [-0.3, -0.25) is 0 Å². The van der Waals surface area contributed by atoms with Gasteiger partial charge in [-0.15, -0.1) is 0 Å². The Kier molecular flexibility index (Phi) is 16.7. The summed E-state index contributed by atoms with van der Waals surface area (Å²) in [6.07, 6.45) is 0.875. The van der Waals surface area contributed by atoms with Crippen LogP contribution in [0.4, 0.5) is 0 Å². The summed E-state index contributed by atoms with van der Waals surface area (Å²) >= 11 is -1.21. The third kappa shape index (κ3) is 27.4. The molecule has 0 unspecified atom stereocenters. The first-order valence-electron chi connectivity index (χ1n) is 3.08. The second kappa shape index (κ2) is 11.8. The van der Waals surface area contributed by atoms with E-state index in [2.05, 4.69) is 0 Å². The van der Waals surface area contributed by atoms with Crippen molar-refractivity contribution in [2.75, 3.05) is 6.61 Å². The van der Waals surface area contributed by atoms with E-state index in [0.29, 0.717) is 6.61 Å². The molecule has 0 spiro atoms. The largest absolute Gasteiger partial charge is 0.519 e. The van der Waals surface area contributed by atoms with E-state index in [4.69, 9.17) is 25.2 Å². The Morgan fingerprint density at radius 3 is 1.56 bits per heavy atom. The zero-order valence-electron chi connectivity index (χ0n) is 5.90. The molecule has 1 nitrogen and oxygen atoms in total. The quantitative estimate of drug-likeness (QED) is 0.658. The fourth-order valence-corrected chi connectivity index (χ4v) is 0. The molecule has 0 fully saturated rings. The van der Waals surface area contributed by atoms with Gasteiger partial charge in [0.2, 0.25) is 0 Å². The molecule has 56 valence electrons. The number of halogens is 2. The normalized spacial score (nSPS) is 7.67. The van der Waals surface area contributed by atoms with Gasteiger partial charge in [-0.05, 0) is 6.42 Å². The molecule has 0 aromatic heterocycles. The molecule has 0 rings (SSSR count). The monoisotopic (exact) mass is 186 g/mol. The summed E-state index contributed by atoms with van der Waals surface area (Å²) in [4.78, 5) is 0. The Balaban J connectivity index is 0. The predicted molar refractivity (Wildman–Crippen MR) is 45.3 cm³/mol. The number of aliphatic hydroxyl groups excluding tert-OH is 1. The number of aliphatic hydroxyl groups is 1. The van der Waals surface area contributed by atoms with Gasteiger partial charge >= 0.3 is 12.3 Å². The molecule has 0 saturated carbocycles. The Morgan fingerprint density at radius 1 is 1.33 bits per heavy atom. The van der Waals surface area contributed by atoms with E-state index in [0.717, 1.165) is 11.7 Å². The molecule has 0 aliphatic carbocycles. The summed E-state index contributed by atoms with van der Waals surface area (Å²) in [6.45, 7) is 4.25. The lowest BCUT2D eigenvalue weighted by molar-refractivity contribution is 0.295. The molecule has 0 atom stereocenters. The van der Waals surface area contributed by atoms with E-state index in [1.165, 1.54) is 0 Å². The van der Waals surface area contributed by atoms with Gasteiger partial charge in [-0.2, -0.15) is 0 Å². The van der Waals surface area contributed by atoms with E-state index >= 15 is 0 Å². The maximum Gasteiger partial charge on any atom is 0.519 e. The first-order valence-corrected chi connectivity index (χ1v) is 7.38. The minimum absolute atomic E-state index is 0.319. The van der Waals surface area contributed by atoms with Crippen LogP contribution < -0.4 is 0 Å². The van der Waals surface area contributed by atoms with Crippen LogP contribution in [0.1, 0.15) is 20.3 Å². The second-order valence-electron chi connectivity index (χ2n) is 1.52. The van der Waals surface area contributed by atoms with Crippen LogP contribution >= 0.6 is 20.1 Å². The molecular weight excluding hydrogens is 174 g/mol. The summed E-state index contributed by atoms with van der Waals surface area (Å²) in [7, 11) is 10.7. The van der Waals surface area contributed by atoms with Gasteiger partial charge < -0.3 is 5.11 Å². The Morgan fingerprint density at radius 2 is 1.56 bits per heavy atom. The molecule has 1 N–H and O–H groups in total. The minimum atomic E-state index is -1.21. The molecule has 9 heavy (non-hydrogen) atoms. The highest BCUT2D eigenvalue weighted by molar-refractivity contribution is 7.33. The lowest BCUT2D eigenvalue weighted by Gasteiger charge is -1.74. The minimum Gasteiger partial charge on any atom is -0.396 e. The van der Waals surface area contributed by atoms with E-state index in [9.17, 15) is 0 Å². The summed E-state index contributed by atoms with van der Waals surface area (Å²) in [5, 5.41) is 8.85. The zero-order chi connectivity index (χ0) is 7.70. The van der Waals surface area contributed by atoms with Crippen molar-refractivity contribution in [2.45, 2.75) is 25.6 Å². The van der Waals surface area contributed by atoms with Crippen LogP contribution in [0.25, 0.3) is 0 Å². The Labute approximate surface area is 69.8 Å². The average molecular weight is 187 g/mol. The molecule has 0 aromatic carbocycles. The Bertz CT molecular complexity index is 41.9. The molecular formula is C5H13AlCl2O. The van der Waals surface area contributed by atoms with Gasteiger partial charge in [0.1, 0.15) is 0 Å². The lowest BCUT2D eigenvalue weighted by Crippen LogP contribution is -1.83. The molecule has 0 aliphatic rings. The van der Waals surface area contributed by atoms with Gasteiger partial charge in [-0.1, -0.05) is 19.1 Å². The molecule has 0 amide bonds. The smallest absolute Gasteiger partial charge is 0.396 e. The molecule has 0 aromatic rings. The highest BCUT2D eigenvalue weighted by atomic mass is 35.7. The summed E-state index contributed by atoms with van der Waals surface area (Å²) in [5.74, 6) is 0. The Hall–Kier alpha value is 1.07. The fourth-order valence-electron chi connectivity index (χ4n) is 0. The molecule has 0 bridgehead atoms. The zero-order valence-corrected chi connectivity index (χ0v) is 8.57. The highest BCUT2D eigenvalue weighted by Gasteiger charge is 2.02. The summed E-state index contributed by atoms with van der Waals surface area (Å²) in [5.41, 5.74) is 0. The van der Waals surface area contributed by atoms with E-state index < -0.39 is 12.3 Å². The summed E-state index contributed by atoms with van der Waals surface area (Å²) < 4.78 is 0. The number of rotatable bonds is 2. The van der Waals surface area contributed by atoms with Gasteiger partial charge in [0.15, 0.2) is 0 Å². The third-order valence-electron chi connectivity index (χ3n) is 0.532. The van der Waals surface area contributed by atoms with Gasteiger partial charge in [0.25, 0.3) is 0 Å². The van der Waals surface area contributed by atoms with E-state index in [1.807, 2.05) is 13.8 Å². The number of hydrogen-bond donors (Lipinski definition) is 1. The van der Waals surface area contributed by atoms with Crippen molar-refractivity contribution < 1.29 is 5.11 Å². The van der Waals surface area contributed by atoms with Crippen molar-refractivity contribution in [1.29, 1.82) is 0 Å². The predicted octanol–water partition coefficient (Wildman–Crippen LogP) is 2.36. The average Bonchev–Trinajstić information content (AvgIpc) is 1.89. The highest BCUT2D eigenvalue weighted by Crippen LogP contribution is 1.98. The van der Waals surface area contributed by atoms with Gasteiger partial charge in [0, 0.05) is 6.61 Å². The van der Waals surface area contributed by atoms with Gasteiger partial charge in [0.05, 0.1) is 0 Å². The van der Waals surface area contributed by atoms with Crippen molar-refractivity contribution in [1.82, 2.24) is 0 Å². The second-order valence-corrected chi connectivity index (χ2v) is 6.95. The van der Waals surface area contributed by atoms with Crippen molar-refractivity contribution in [2.24, 2.45) is 0 Å². The fraction of sp³-hybridized carbons (Fsp3) is 1.00. The van der Waals surface area contributed by atoms with Crippen molar-refractivity contribution in [3.63, 3.8) is 0 Å². The van der Waals surface area contributed by atoms with Crippen molar-refractivity contribution >= 4 is 32.4 Å². The van der Waals surface area contributed by atoms with Crippen LogP contribution in [-0.4, -0.2) is 24.0 Å². The topological polar surface area (TPSA) is 20.2 Å². The van der Waals surface area contributed by atoms with Gasteiger partial charge in [-0.25, -0.2) is 20.1 Å². The maximum absolute atomic E-state index is 7.88. The van der Waals surface area contributed by atoms with Crippen LogP contribution in [0.15, 0.2) is 0 Å². The lowest BCUT2D eigenvalue weighted by atomic mass is 10.5. The van der Waals surface area contributed by atoms with E-state index in [-0.39, 0.29) is 0 Å².